The summed E-state index contributed by atoms with van der Waals surface area (Å²) in [6.07, 6.45) is -5.69. The van der Waals surface area contributed by atoms with Crippen molar-refractivity contribution in [3.63, 3.8) is 0 Å². The number of ether oxygens (including phenoxy) is 1. The van der Waals surface area contributed by atoms with Gasteiger partial charge in [-0.25, -0.2) is 21.6 Å². The minimum absolute atomic E-state index is 0.0976. The van der Waals surface area contributed by atoms with E-state index in [4.69, 9.17) is 4.74 Å². The number of hydrogen-bond acceptors (Lipinski definition) is 9. The average molecular weight is 674 g/mol. The first-order valence-electron chi connectivity index (χ1n) is 15.5. The number of aliphatic hydroxyl groups excluding tert-OH is 2. The standard InChI is InChI=1S/C29H38F3N5O8S/c30-16-2-1-3-19(10-16)46(43,44)37-9-8-35-15-21(37)27(41)33-13-23-26(40)25(39)22(45-23)12-24(38)34-17-11-20(28(35)42)36(14-17)18-4-6-29(31,32)7-5-18/h1-3,10,17-18,20-23,25-26,39-40H,4-9,11-15H2,(H,33,41)(H,34,38)/t17-,20-,21-,22-,23+,25-,26+/m0/s1. The Labute approximate surface area is 264 Å². The lowest BCUT2D eigenvalue weighted by Gasteiger charge is -2.42. The van der Waals surface area contributed by atoms with E-state index in [1.54, 1.807) is 0 Å². The highest BCUT2D eigenvalue weighted by molar-refractivity contribution is 7.89. The van der Waals surface area contributed by atoms with E-state index in [1.165, 1.54) is 17.0 Å². The summed E-state index contributed by atoms with van der Waals surface area (Å²) in [5, 5.41) is 26.6. The van der Waals surface area contributed by atoms with Crippen molar-refractivity contribution < 1.29 is 50.9 Å². The summed E-state index contributed by atoms with van der Waals surface area (Å²) in [5.74, 6) is -5.31. The van der Waals surface area contributed by atoms with Gasteiger partial charge in [-0.15, -0.1) is 0 Å². The van der Waals surface area contributed by atoms with E-state index >= 15 is 0 Å². The van der Waals surface area contributed by atoms with E-state index in [0.717, 1.165) is 16.4 Å². The van der Waals surface area contributed by atoms with Crippen molar-refractivity contribution in [3.05, 3.63) is 30.1 Å². The van der Waals surface area contributed by atoms with Crippen molar-refractivity contribution in [2.45, 2.75) is 97.9 Å². The van der Waals surface area contributed by atoms with Crippen LogP contribution in [0, 0.1) is 5.82 Å². The Morgan fingerprint density at radius 2 is 1.70 bits per heavy atom. The first-order chi connectivity index (χ1) is 21.7. The number of nitrogens with zero attached hydrogens (tertiary/aromatic N) is 3. The number of carbonyl (C=O) groups is 3. The lowest BCUT2D eigenvalue weighted by Crippen LogP contribution is -2.63. The molecule has 6 rings (SSSR count). The van der Waals surface area contributed by atoms with Gasteiger partial charge in [-0.2, -0.15) is 4.31 Å². The minimum Gasteiger partial charge on any atom is -0.388 e. The number of carbonyl (C=O) groups excluding carboxylic acids is 3. The number of likely N-dealkylation sites (tertiary alicyclic amines) is 1. The molecule has 0 aromatic heterocycles. The van der Waals surface area contributed by atoms with E-state index in [-0.39, 0.29) is 82.2 Å². The van der Waals surface area contributed by atoms with Crippen LogP contribution in [0.4, 0.5) is 13.2 Å². The van der Waals surface area contributed by atoms with Crippen LogP contribution < -0.4 is 10.6 Å². The molecule has 13 nitrogen and oxygen atoms in total. The van der Waals surface area contributed by atoms with Crippen LogP contribution in [-0.2, 0) is 29.1 Å². The molecule has 46 heavy (non-hydrogen) atoms. The molecule has 6 bridgehead atoms. The summed E-state index contributed by atoms with van der Waals surface area (Å²) in [4.78, 5) is 43.6. The van der Waals surface area contributed by atoms with Crippen molar-refractivity contribution in [2.24, 2.45) is 0 Å². The Balaban J connectivity index is 1.32. The maximum Gasteiger partial charge on any atom is 0.248 e. The SMILES string of the molecule is O=C1C[C@@H]2O[C@H](CNC(=O)[C@@H]3CN(CCN3S(=O)(=O)c3cccc(F)c3)C(=O)[C@@H]3C[C@@H](CN3C3CCC(F)(F)CC3)N1)[C@@H](O)[C@H]2O. The zero-order valence-electron chi connectivity index (χ0n) is 24.9. The Morgan fingerprint density at radius 1 is 0.978 bits per heavy atom. The molecule has 5 aliphatic rings. The first kappa shape index (κ1) is 33.1. The Morgan fingerprint density at radius 3 is 2.41 bits per heavy atom. The van der Waals surface area contributed by atoms with Crippen LogP contribution in [0.3, 0.4) is 0 Å². The molecule has 4 aliphatic heterocycles. The van der Waals surface area contributed by atoms with Crippen molar-refractivity contribution in [3.8, 4) is 0 Å². The predicted molar refractivity (Wildman–Crippen MR) is 153 cm³/mol. The molecule has 4 heterocycles. The summed E-state index contributed by atoms with van der Waals surface area (Å²) in [6, 6.07) is 1.18. The second kappa shape index (κ2) is 12.6. The third-order valence-electron chi connectivity index (χ3n) is 9.82. The molecule has 0 radical (unpaired) electrons. The van der Waals surface area contributed by atoms with Crippen molar-refractivity contribution in [1.82, 2.24) is 24.7 Å². The largest absolute Gasteiger partial charge is 0.388 e. The Bertz CT molecular complexity index is 1460. The molecule has 1 aromatic carbocycles. The molecule has 0 unspecified atom stereocenters. The van der Waals surface area contributed by atoms with Crippen LogP contribution in [-0.4, -0.2) is 138 Å². The lowest BCUT2D eigenvalue weighted by atomic mass is 9.90. The van der Waals surface area contributed by atoms with Gasteiger partial charge in [0.2, 0.25) is 33.7 Å². The van der Waals surface area contributed by atoms with Gasteiger partial charge in [0.25, 0.3) is 0 Å². The Hall–Kier alpha value is -2.83. The van der Waals surface area contributed by atoms with Crippen LogP contribution >= 0.6 is 0 Å². The molecular weight excluding hydrogens is 635 g/mol. The first-order valence-corrected chi connectivity index (χ1v) is 17.0. The second-order valence-electron chi connectivity index (χ2n) is 12.8. The quantitative estimate of drug-likeness (QED) is 0.320. The molecule has 254 valence electrons. The smallest absolute Gasteiger partial charge is 0.248 e. The molecule has 5 fully saturated rings. The number of fused-ring (bicyclic) bond motifs is 6. The van der Waals surface area contributed by atoms with E-state index in [2.05, 4.69) is 10.6 Å². The number of nitrogens with one attached hydrogen (secondary N) is 2. The highest BCUT2D eigenvalue weighted by Crippen LogP contribution is 2.38. The molecule has 0 spiro atoms. The average Bonchev–Trinajstić information content (AvgIpc) is 3.54. The molecule has 4 N–H and O–H groups in total. The van der Waals surface area contributed by atoms with Gasteiger partial charge in [-0.05, 0) is 37.5 Å². The van der Waals surface area contributed by atoms with Gasteiger partial charge in [0, 0.05) is 57.6 Å². The Kier molecular flexibility index (Phi) is 9.10. The zero-order valence-corrected chi connectivity index (χ0v) is 25.8. The molecule has 7 atom stereocenters. The van der Waals surface area contributed by atoms with Crippen LogP contribution in [0.1, 0.15) is 38.5 Å². The van der Waals surface area contributed by atoms with Crippen LogP contribution in [0.25, 0.3) is 0 Å². The fraction of sp³-hybridized carbons (Fsp3) is 0.690. The molecule has 4 saturated heterocycles. The summed E-state index contributed by atoms with van der Waals surface area (Å²) in [6.45, 7) is -0.884. The van der Waals surface area contributed by atoms with E-state index in [1.807, 2.05) is 4.90 Å². The molecule has 3 amide bonds. The topological polar surface area (TPSA) is 169 Å². The van der Waals surface area contributed by atoms with Gasteiger partial charge < -0.3 is 30.5 Å². The van der Waals surface area contributed by atoms with Crippen LogP contribution in [0.2, 0.25) is 0 Å². The maximum atomic E-state index is 14.1. The second-order valence-corrected chi connectivity index (χ2v) is 14.7. The fourth-order valence-electron chi connectivity index (χ4n) is 7.36. The maximum absolute atomic E-state index is 14.1. The van der Waals surface area contributed by atoms with Crippen molar-refractivity contribution in [1.29, 1.82) is 0 Å². The van der Waals surface area contributed by atoms with Gasteiger partial charge in [-0.1, -0.05) is 6.07 Å². The van der Waals surface area contributed by atoms with Crippen molar-refractivity contribution in [2.75, 3.05) is 32.7 Å². The summed E-state index contributed by atoms with van der Waals surface area (Å²) >= 11 is 0. The predicted octanol–water partition coefficient (Wildman–Crippen LogP) is -0.827. The third-order valence-corrected chi connectivity index (χ3v) is 11.7. The monoisotopic (exact) mass is 673 g/mol. The number of piperazine rings is 1. The van der Waals surface area contributed by atoms with Gasteiger partial charge in [-0.3, -0.25) is 19.3 Å². The number of alkyl halides is 2. The zero-order chi connectivity index (χ0) is 33.0. The summed E-state index contributed by atoms with van der Waals surface area (Å²) in [7, 11) is -4.42. The van der Waals surface area contributed by atoms with Gasteiger partial charge in [0.1, 0.15) is 30.2 Å². The molecule has 1 aliphatic carbocycles. The molecule has 1 saturated carbocycles. The number of hydrogen-bond donors (Lipinski definition) is 4. The number of halogens is 3. The highest BCUT2D eigenvalue weighted by Gasteiger charge is 2.50. The summed E-state index contributed by atoms with van der Waals surface area (Å²) in [5.41, 5.74) is 0. The number of benzene rings is 1. The van der Waals surface area contributed by atoms with Crippen LogP contribution in [0.5, 0.6) is 0 Å². The minimum atomic E-state index is -4.42. The summed E-state index contributed by atoms with van der Waals surface area (Å²) < 4.78 is 76.1. The normalized spacial score (nSPS) is 35.2. The number of rotatable bonds is 3. The van der Waals surface area contributed by atoms with Gasteiger partial charge in [0.05, 0.1) is 23.5 Å². The van der Waals surface area contributed by atoms with E-state index < -0.39 is 82.0 Å². The third kappa shape index (κ3) is 6.49. The van der Waals surface area contributed by atoms with Crippen molar-refractivity contribution >= 4 is 27.7 Å². The van der Waals surface area contributed by atoms with Gasteiger partial charge >= 0.3 is 0 Å². The number of amides is 3. The molecule has 17 heteroatoms. The molecule has 1 aromatic rings. The van der Waals surface area contributed by atoms with E-state index in [0.29, 0.717) is 0 Å². The van der Waals surface area contributed by atoms with E-state index in [9.17, 15) is 46.2 Å². The lowest BCUT2D eigenvalue weighted by molar-refractivity contribution is -0.142. The highest BCUT2D eigenvalue weighted by atomic mass is 32.2. The number of sulfonamides is 1. The van der Waals surface area contributed by atoms with Gasteiger partial charge in [0.15, 0.2) is 0 Å². The fourth-order valence-corrected chi connectivity index (χ4v) is 8.96. The molecular formula is C29H38F3N5O8S. The van der Waals surface area contributed by atoms with Crippen LogP contribution in [0.15, 0.2) is 29.2 Å². The number of aliphatic hydroxyl groups is 2.